The molecule has 1 aromatic carbocycles. The summed E-state index contributed by atoms with van der Waals surface area (Å²) in [6, 6.07) is 4.90. The number of nitrogens with one attached hydrogen (secondary N) is 1. The maximum atomic E-state index is 12.8. The molecular weight excluding hydrogens is 378 g/mol. The normalized spacial score (nSPS) is 11.0. The number of hydrogen-bond donors (Lipinski definition) is 1. The zero-order valence-electron chi connectivity index (χ0n) is 14.7. The van der Waals surface area contributed by atoms with E-state index in [-0.39, 0.29) is 23.8 Å². The van der Waals surface area contributed by atoms with Crippen molar-refractivity contribution < 1.29 is 14.3 Å². The average molecular weight is 398 g/mol. The lowest BCUT2D eigenvalue weighted by Gasteiger charge is -2.15. The van der Waals surface area contributed by atoms with Crippen LogP contribution in [0.5, 0.6) is 0 Å². The summed E-state index contributed by atoms with van der Waals surface area (Å²) in [5, 5.41) is 3.46. The number of nitrogens with zero attached hydrogens (tertiary/aromatic N) is 2. The van der Waals surface area contributed by atoms with E-state index in [9.17, 15) is 14.4 Å². The van der Waals surface area contributed by atoms with Crippen LogP contribution in [0.3, 0.4) is 0 Å². The molecule has 2 aromatic rings. The molecule has 0 radical (unpaired) electrons. The SMILES string of the molecule is CCOC(=O)NC(=O)CSc1nc2cc(Cl)ccc2c(=O)n1CC(C)C. The number of carbonyl (C=O) groups excluding carboxylic acids is 2. The molecule has 0 saturated carbocycles. The molecule has 9 heteroatoms. The molecule has 140 valence electrons. The van der Waals surface area contributed by atoms with Gasteiger partial charge in [0.05, 0.1) is 23.3 Å². The van der Waals surface area contributed by atoms with Gasteiger partial charge < -0.3 is 4.74 Å². The first kappa shape index (κ1) is 20.3. The van der Waals surface area contributed by atoms with E-state index < -0.39 is 12.0 Å². The molecule has 0 saturated heterocycles. The lowest BCUT2D eigenvalue weighted by Crippen LogP contribution is -2.33. The fraction of sp³-hybridized carbons (Fsp3) is 0.412. The van der Waals surface area contributed by atoms with E-state index in [2.05, 4.69) is 15.0 Å². The minimum absolute atomic E-state index is 0.0740. The number of imide groups is 1. The molecule has 1 N–H and O–H groups in total. The van der Waals surface area contributed by atoms with Crippen LogP contribution in [-0.2, 0) is 16.1 Å². The van der Waals surface area contributed by atoms with E-state index in [1.165, 1.54) is 0 Å². The molecule has 0 aliphatic carbocycles. The molecule has 1 aromatic heterocycles. The van der Waals surface area contributed by atoms with Crippen LogP contribution in [0.15, 0.2) is 28.2 Å². The third kappa shape index (κ3) is 5.22. The summed E-state index contributed by atoms with van der Waals surface area (Å²) in [4.78, 5) is 40.4. The van der Waals surface area contributed by atoms with Gasteiger partial charge in [0.1, 0.15) is 0 Å². The van der Waals surface area contributed by atoms with Crippen molar-refractivity contribution in [3.8, 4) is 0 Å². The summed E-state index contributed by atoms with van der Waals surface area (Å²) >= 11 is 7.07. The van der Waals surface area contributed by atoms with Gasteiger partial charge in [0, 0.05) is 11.6 Å². The number of thioether (sulfide) groups is 1. The first-order valence-electron chi connectivity index (χ1n) is 8.11. The molecule has 0 unspecified atom stereocenters. The quantitative estimate of drug-likeness (QED) is 0.595. The lowest BCUT2D eigenvalue weighted by molar-refractivity contribution is -0.117. The summed E-state index contributed by atoms with van der Waals surface area (Å²) in [7, 11) is 0. The second-order valence-corrected chi connectivity index (χ2v) is 7.30. The Morgan fingerprint density at radius 2 is 2.12 bits per heavy atom. The highest BCUT2D eigenvalue weighted by Gasteiger charge is 2.15. The number of aromatic nitrogens is 2. The van der Waals surface area contributed by atoms with E-state index in [1.54, 1.807) is 29.7 Å². The van der Waals surface area contributed by atoms with Crippen molar-refractivity contribution in [2.75, 3.05) is 12.4 Å². The van der Waals surface area contributed by atoms with Gasteiger partial charge in [-0.2, -0.15) is 0 Å². The monoisotopic (exact) mass is 397 g/mol. The number of hydrogen-bond acceptors (Lipinski definition) is 6. The Bertz CT molecular complexity index is 882. The van der Waals surface area contributed by atoms with Crippen molar-refractivity contribution >= 4 is 46.3 Å². The number of ether oxygens (including phenoxy) is 1. The molecule has 0 spiro atoms. The van der Waals surface area contributed by atoms with Crippen molar-refractivity contribution in [3.63, 3.8) is 0 Å². The first-order chi connectivity index (χ1) is 12.3. The minimum Gasteiger partial charge on any atom is -0.450 e. The van der Waals surface area contributed by atoms with E-state index in [1.807, 2.05) is 13.8 Å². The summed E-state index contributed by atoms with van der Waals surface area (Å²) in [6.45, 7) is 6.26. The summed E-state index contributed by atoms with van der Waals surface area (Å²) in [5.74, 6) is -0.382. The predicted molar refractivity (Wildman–Crippen MR) is 102 cm³/mol. The van der Waals surface area contributed by atoms with Gasteiger partial charge in [0.25, 0.3) is 5.56 Å². The van der Waals surface area contributed by atoms with Crippen molar-refractivity contribution in [1.82, 2.24) is 14.9 Å². The number of alkyl carbamates (subject to hydrolysis) is 1. The highest BCUT2D eigenvalue weighted by molar-refractivity contribution is 7.99. The van der Waals surface area contributed by atoms with E-state index in [0.717, 1.165) is 11.8 Å². The van der Waals surface area contributed by atoms with Crippen LogP contribution < -0.4 is 10.9 Å². The summed E-state index contributed by atoms with van der Waals surface area (Å²) in [6.07, 6.45) is -0.795. The largest absolute Gasteiger partial charge is 0.450 e. The maximum absolute atomic E-state index is 12.8. The Balaban J connectivity index is 2.30. The van der Waals surface area contributed by atoms with Crippen LogP contribution in [0.25, 0.3) is 10.9 Å². The van der Waals surface area contributed by atoms with Crippen molar-refractivity contribution in [2.24, 2.45) is 5.92 Å². The van der Waals surface area contributed by atoms with Gasteiger partial charge in [-0.15, -0.1) is 0 Å². The zero-order chi connectivity index (χ0) is 19.3. The molecule has 2 amide bonds. The summed E-state index contributed by atoms with van der Waals surface area (Å²) in [5.41, 5.74) is 0.282. The van der Waals surface area contributed by atoms with Crippen molar-refractivity contribution in [3.05, 3.63) is 33.6 Å². The van der Waals surface area contributed by atoms with Crippen molar-refractivity contribution in [2.45, 2.75) is 32.5 Å². The predicted octanol–water partition coefficient (Wildman–Crippen LogP) is 3.07. The van der Waals surface area contributed by atoms with Crippen LogP contribution >= 0.6 is 23.4 Å². The van der Waals surface area contributed by atoms with Crippen LogP contribution in [0, 0.1) is 5.92 Å². The number of halogens is 1. The van der Waals surface area contributed by atoms with Gasteiger partial charge >= 0.3 is 6.09 Å². The number of rotatable bonds is 6. The Labute approximate surface area is 160 Å². The van der Waals surface area contributed by atoms with Gasteiger partial charge in [-0.25, -0.2) is 9.78 Å². The van der Waals surface area contributed by atoms with Crippen LogP contribution in [0.1, 0.15) is 20.8 Å². The Kier molecular flexibility index (Phi) is 7.05. The standard InChI is InChI=1S/C17H20ClN3O4S/c1-4-25-17(24)20-14(22)9-26-16-19-13-7-11(18)5-6-12(13)15(23)21(16)8-10(2)3/h5-7,10H,4,8-9H2,1-3H3,(H,20,22,24). The highest BCUT2D eigenvalue weighted by atomic mass is 35.5. The number of carbonyl (C=O) groups is 2. The Morgan fingerprint density at radius 1 is 1.38 bits per heavy atom. The van der Waals surface area contributed by atoms with Gasteiger partial charge in [-0.3, -0.25) is 19.5 Å². The second-order valence-electron chi connectivity index (χ2n) is 5.92. The molecule has 7 nitrogen and oxygen atoms in total. The van der Waals surface area contributed by atoms with Gasteiger partial charge in [-0.1, -0.05) is 37.2 Å². The Hall–Kier alpha value is -2.06. The molecule has 0 atom stereocenters. The molecule has 26 heavy (non-hydrogen) atoms. The van der Waals surface area contributed by atoms with Gasteiger partial charge in [0.2, 0.25) is 5.91 Å². The smallest absolute Gasteiger partial charge is 0.413 e. The first-order valence-corrected chi connectivity index (χ1v) is 9.47. The fourth-order valence-corrected chi connectivity index (χ4v) is 3.23. The zero-order valence-corrected chi connectivity index (χ0v) is 16.3. The van der Waals surface area contributed by atoms with Crippen molar-refractivity contribution in [1.29, 1.82) is 0 Å². The number of benzene rings is 1. The van der Waals surface area contributed by atoms with E-state index in [4.69, 9.17) is 11.6 Å². The summed E-state index contributed by atoms with van der Waals surface area (Å²) < 4.78 is 6.21. The van der Waals surface area contributed by atoms with Crippen LogP contribution in [-0.4, -0.2) is 33.9 Å². The number of amides is 2. The third-order valence-corrected chi connectivity index (χ3v) is 4.49. The van der Waals surface area contributed by atoms with Gasteiger partial charge in [0.15, 0.2) is 5.16 Å². The molecule has 0 aliphatic heterocycles. The molecular formula is C17H20ClN3O4S. The van der Waals surface area contributed by atoms with Crippen LogP contribution in [0.4, 0.5) is 4.79 Å². The second kappa shape index (κ2) is 9.05. The number of fused-ring (bicyclic) bond motifs is 1. The molecule has 0 bridgehead atoms. The maximum Gasteiger partial charge on any atom is 0.413 e. The van der Waals surface area contributed by atoms with Gasteiger partial charge in [-0.05, 0) is 31.0 Å². The molecule has 0 fully saturated rings. The fourth-order valence-electron chi connectivity index (χ4n) is 2.26. The van der Waals surface area contributed by atoms with E-state index in [0.29, 0.717) is 27.6 Å². The lowest BCUT2D eigenvalue weighted by atomic mass is 10.2. The molecule has 2 rings (SSSR count). The van der Waals surface area contributed by atoms with E-state index >= 15 is 0 Å². The molecule has 1 heterocycles. The van der Waals surface area contributed by atoms with Crippen LogP contribution in [0.2, 0.25) is 5.02 Å². The molecule has 0 aliphatic rings. The highest BCUT2D eigenvalue weighted by Crippen LogP contribution is 2.21. The topological polar surface area (TPSA) is 90.3 Å². The average Bonchev–Trinajstić information content (AvgIpc) is 2.55. The third-order valence-electron chi connectivity index (χ3n) is 3.28. The Morgan fingerprint density at radius 3 is 2.77 bits per heavy atom. The minimum atomic E-state index is -0.795.